The molecule has 1 saturated carbocycles. The minimum atomic E-state index is 0. The Morgan fingerprint density at radius 2 is 1.91 bits per heavy atom. The predicted octanol–water partition coefficient (Wildman–Crippen LogP) is 3.81. The maximum absolute atomic E-state index is 12.3. The highest BCUT2D eigenvalue weighted by Gasteiger charge is 2.31. The zero-order valence-corrected chi connectivity index (χ0v) is 14.7. The van der Waals surface area contributed by atoms with Crippen molar-refractivity contribution < 1.29 is 4.79 Å². The lowest BCUT2D eigenvalue weighted by Gasteiger charge is -2.37. The topological polar surface area (TPSA) is 55.1 Å². The van der Waals surface area contributed by atoms with Gasteiger partial charge in [-0.05, 0) is 48.3 Å². The number of benzene rings is 1. The second-order valence-electron chi connectivity index (χ2n) is 6.92. The molecule has 0 saturated heterocycles. The van der Waals surface area contributed by atoms with Gasteiger partial charge in [-0.3, -0.25) is 4.79 Å². The number of nitrogens with two attached hydrogens (primary N) is 1. The van der Waals surface area contributed by atoms with Crippen molar-refractivity contribution in [2.45, 2.75) is 52.5 Å². The van der Waals surface area contributed by atoms with Crippen LogP contribution in [0.2, 0.25) is 0 Å². The molecular weight excluding hydrogens is 296 g/mol. The van der Waals surface area contributed by atoms with Crippen LogP contribution in [0.25, 0.3) is 0 Å². The number of carbonyl (C=O) groups is 1. The second-order valence-corrected chi connectivity index (χ2v) is 6.92. The Hall–Kier alpha value is -1.22. The van der Waals surface area contributed by atoms with Gasteiger partial charge >= 0.3 is 0 Å². The summed E-state index contributed by atoms with van der Waals surface area (Å²) in [7, 11) is 0. The highest BCUT2D eigenvalue weighted by molar-refractivity contribution is 5.85. The number of hydrogen-bond acceptors (Lipinski definition) is 2. The van der Waals surface area contributed by atoms with Crippen molar-refractivity contribution in [1.82, 2.24) is 5.32 Å². The Morgan fingerprint density at radius 3 is 2.50 bits per heavy atom. The van der Waals surface area contributed by atoms with Gasteiger partial charge in [0.25, 0.3) is 0 Å². The number of hydrogen-bond donors (Lipinski definition) is 2. The molecule has 3 N–H and O–H groups in total. The first-order chi connectivity index (χ1) is 9.95. The van der Waals surface area contributed by atoms with Crippen LogP contribution in [0.3, 0.4) is 0 Å². The van der Waals surface area contributed by atoms with E-state index in [1.165, 1.54) is 12.8 Å². The molecular formula is C18H29ClN2O. The van der Waals surface area contributed by atoms with Crippen LogP contribution in [0.15, 0.2) is 24.3 Å². The maximum Gasteiger partial charge on any atom is 0.224 e. The molecule has 1 amide bonds. The molecule has 0 radical (unpaired) electrons. The van der Waals surface area contributed by atoms with Crippen LogP contribution in [0.5, 0.6) is 0 Å². The number of nitrogens with one attached hydrogen (secondary N) is 1. The molecule has 124 valence electrons. The minimum absolute atomic E-state index is 0. The van der Waals surface area contributed by atoms with Gasteiger partial charge in [-0.1, -0.05) is 39.3 Å². The Bertz CT molecular complexity index is 472. The van der Waals surface area contributed by atoms with Crippen molar-refractivity contribution in [3.05, 3.63) is 29.8 Å². The monoisotopic (exact) mass is 324 g/mol. The molecule has 4 heteroatoms. The van der Waals surface area contributed by atoms with Gasteiger partial charge in [-0.15, -0.1) is 12.4 Å². The second kappa shape index (κ2) is 8.42. The molecule has 3 unspecified atom stereocenters. The summed E-state index contributed by atoms with van der Waals surface area (Å²) in [5.41, 5.74) is 7.43. The summed E-state index contributed by atoms with van der Waals surface area (Å²) in [6.07, 6.45) is 4.06. The Morgan fingerprint density at radius 1 is 1.27 bits per heavy atom. The smallest absolute Gasteiger partial charge is 0.224 e. The SMILES string of the molecule is CC1CCC(C(C)C)C(NC(=O)Cc2ccc(N)cc2)C1.Cl. The zero-order chi connectivity index (χ0) is 15.4. The first-order valence-corrected chi connectivity index (χ1v) is 8.09. The maximum atomic E-state index is 12.3. The third-order valence-electron chi connectivity index (χ3n) is 4.71. The van der Waals surface area contributed by atoms with E-state index in [0.717, 1.165) is 17.7 Å². The lowest BCUT2D eigenvalue weighted by molar-refractivity contribution is -0.122. The van der Waals surface area contributed by atoms with Crippen LogP contribution in [-0.2, 0) is 11.2 Å². The molecule has 3 nitrogen and oxygen atoms in total. The molecule has 3 atom stereocenters. The molecule has 1 aliphatic rings. The Kier molecular flexibility index (Phi) is 7.21. The van der Waals surface area contributed by atoms with Crippen LogP contribution in [0, 0.1) is 17.8 Å². The summed E-state index contributed by atoms with van der Waals surface area (Å²) in [5, 5.41) is 3.27. The average molecular weight is 325 g/mol. The zero-order valence-electron chi connectivity index (χ0n) is 13.8. The summed E-state index contributed by atoms with van der Waals surface area (Å²) in [6.45, 7) is 6.81. The number of anilines is 1. The van der Waals surface area contributed by atoms with Crippen LogP contribution < -0.4 is 11.1 Å². The van der Waals surface area contributed by atoms with E-state index in [9.17, 15) is 4.79 Å². The fraction of sp³-hybridized carbons (Fsp3) is 0.611. The molecule has 1 fully saturated rings. The van der Waals surface area contributed by atoms with Crippen molar-refractivity contribution >= 4 is 24.0 Å². The summed E-state index contributed by atoms with van der Waals surface area (Å²) in [6, 6.07) is 7.89. The van der Waals surface area contributed by atoms with E-state index in [4.69, 9.17) is 5.73 Å². The molecule has 1 aliphatic carbocycles. The fourth-order valence-electron chi connectivity index (χ4n) is 3.45. The summed E-state index contributed by atoms with van der Waals surface area (Å²) < 4.78 is 0. The standard InChI is InChI=1S/C18H28N2O.ClH/c1-12(2)16-9-4-13(3)10-17(16)20-18(21)11-14-5-7-15(19)8-6-14;/h5-8,12-13,16-17H,4,9-11,19H2,1-3H3,(H,20,21);1H. The first kappa shape index (κ1) is 18.8. The van der Waals surface area contributed by atoms with Gasteiger partial charge in [-0.2, -0.15) is 0 Å². The summed E-state index contributed by atoms with van der Waals surface area (Å²) in [4.78, 5) is 12.3. The molecule has 0 aliphatic heterocycles. The third-order valence-corrected chi connectivity index (χ3v) is 4.71. The number of halogens is 1. The lowest BCUT2D eigenvalue weighted by atomic mass is 9.74. The molecule has 0 bridgehead atoms. The Balaban J connectivity index is 0.00000242. The van der Waals surface area contributed by atoms with E-state index in [1.54, 1.807) is 0 Å². The quantitative estimate of drug-likeness (QED) is 0.827. The molecule has 1 aromatic carbocycles. The summed E-state index contributed by atoms with van der Waals surface area (Å²) >= 11 is 0. The van der Waals surface area contributed by atoms with E-state index in [1.807, 2.05) is 24.3 Å². The van der Waals surface area contributed by atoms with E-state index in [0.29, 0.717) is 30.2 Å². The van der Waals surface area contributed by atoms with Gasteiger partial charge in [0.15, 0.2) is 0 Å². The normalized spacial score (nSPS) is 24.6. The predicted molar refractivity (Wildman–Crippen MR) is 95.1 cm³/mol. The van der Waals surface area contributed by atoms with Crippen molar-refractivity contribution in [2.24, 2.45) is 17.8 Å². The van der Waals surface area contributed by atoms with Crippen LogP contribution in [0.4, 0.5) is 5.69 Å². The van der Waals surface area contributed by atoms with Crippen LogP contribution in [-0.4, -0.2) is 11.9 Å². The van der Waals surface area contributed by atoms with Gasteiger partial charge in [0, 0.05) is 11.7 Å². The summed E-state index contributed by atoms with van der Waals surface area (Å²) in [5.74, 6) is 2.07. The van der Waals surface area contributed by atoms with E-state index < -0.39 is 0 Å². The highest BCUT2D eigenvalue weighted by atomic mass is 35.5. The number of carbonyl (C=O) groups excluding carboxylic acids is 1. The number of nitrogen functional groups attached to an aromatic ring is 1. The molecule has 0 aromatic heterocycles. The van der Waals surface area contributed by atoms with Gasteiger partial charge in [0.1, 0.15) is 0 Å². The van der Waals surface area contributed by atoms with Gasteiger partial charge in [0.2, 0.25) is 5.91 Å². The highest BCUT2D eigenvalue weighted by Crippen LogP contribution is 2.33. The molecule has 1 aromatic rings. The molecule has 0 heterocycles. The largest absolute Gasteiger partial charge is 0.399 e. The van der Waals surface area contributed by atoms with Crippen LogP contribution in [0.1, 0.15) is 45.6 Å². The van der Waals surface area contributed by atoms with Crippen molar-refractivity contribution in [3.63, 3.8) is 0 Å². The molecule has 0 spiro atoms. The van der Waals surface area contributed by atoms with Crippen molar-refractivity contribution in [2.75, 3.05) is 5.73 Å². The number of rotatable bonds is 4. The average Bonchev–Trinajstić information content (AvgIpc) is 2.41. The van der Waals surface area contributed by atoms with Gasteiger partial charge < -0.3 is 11.1 Å². The lowest BCUT2D eigenvalue weighted by Crippen LogP contribution is -2.46. The van der Waals surface area contributed by atoms with E-state index in [2.05, 4.69) is 26.1 Å². The van der Waals surface area contributed by atoms with E-state index in [-0.39, 0.29) is 18.3 Å². The fourth-order valence-corrected chi connectivity index (χ4v) is 3.45. The van der Waals surface area contributed by atoms with Crippen molar-refractivity contribution in [3.8, 4) is 0 Å². The first-order valence-electron chi connectivity index (χ1n) is 8.09. The van der Waals surface area contributed by atoms with Gasteiger partial charge in [-0.25, -0.2) is 0 Å². The van der Waals surface area contributed by atoms with Gasteiger partial charge in [0.05, 0.1) is 6.42 Å². The third kappa shape index (κ3) is 5.20. The minimum Gasteiger partial charge on any atom is -0.399 e. The molecule has 22 heavy (non-hydrogen) atoms. The van der Waals surface area contributed by atoms with Crippen molar-refractivity contribution in [1.29, 1.82) is 0 Å². The number of amides is 1. The van der Waals surface area contributed by atoms with Crippen LogP contribution >= 0.6 is 12.4 Å². The Labute approximate surface area is 140 Å². The van der Waals surface area contributed by atoms with E-state index >= 15 is 0 Å². The molecule has 2 rings (SSSR count).